The van der Waals surface area contributed by atoms with E-state index in [4.69, 9.17) is 11.6 Å². The van der Waals surface area contributed by atoms with Gasteiger partial charge in [0.25, 0.3) is 6.43 Å². The Labute approximate surface area is 87.8 Å². The summed E-state index contributed by atoms with van der Waals surface area (Å²) in [5, 5.41) is 10.0. The summed E-state index contributed by atoms with van der Waals surface area (Å²) < 4.78 is 29.4. The lowest BCUT2D eigenvalue weighted by molar-refractivity contribution is -0.391. The third-order valence-electron chi connectivity index (χ3n) is 1.56. The molecule has 0 N–H and O–H groups in total. The summed E-state index contributed by atoms with van der Waals surface area (Å²) in [5.74, 6) is -1.18. The van der Waals surface area contributed by atoms with Crippen molar-refractivity contribution in [1.29, 1.82) is 0 Å². The van der Waals surface area contributed by atoms with Crippen molar-refractivity contribution < 1.29 is 18.4 Å². The maximum absolute atomic E-state index is 12.4. The first-order chi connectivity index (χ1) is 6.97. The van der Waals surface area contributed by atoms with Crippen LogP contribution in [0.15, 0.2) is 6.07 Å². The van der Waals surface area contributed by atoms with E-state index in [2.05, 4.69) is 9.72 Å². The van der Waals surface area contributed by atoms with Crippen LogP contribution in [-0.4, -0.2) is 17.0 Å². The van der Waals surface area contributed by atoms with Gasteiger partial charge in [0.2, 0.25) is 0 Å². The molecular formula is C7H5ClF2N2O3. The summed E-state index contributed by atoms with van der Waals surface area (Å²) in [6.07, 6.45) is -3.06. The number of halogens is 3. The standard InChI is InChI=1S/C7H5ClF2N2O3/c1-15-4-2-3(8)5(6(9)10)7(11-4)12(13)14/h2,6H,1H3. The van der Waals surface area contributed by atoms with Crippen LogP contribution in [0.25, 0.3) is 0 Å². The van der Waals surface area contributed by atoms with Crippen LogP contribution < -0.4 is 4.74 Å². The van der Waals surface area contributed by atoms with Crippen LogP contribution in [0.5, 0.6) is 5.88 Å². The van der Waals surface area contributed by atoms with Crippen LogP contribution in [0.2, 0.25) is 5.02 Å². The number of aromatic nitrogens is 1. The molecular weight excluding hydrogens is 234 g/mol. The first-order valence-corrected chi connectivity index (χ1v) is 4.02. The number of hydrogen-bond donors (Lipinski definition) is 0. The summed E-state index contributed by atoms with van der Waals surface area (Å²) in [7, 11) is 1.20. The van der Waals surface area contributed by atoms with Crippen LogP contribution in [0.1, 0.15) is 12.0 Å². The molecule has 0 aliphatic heterocycles. The summed E-state index contributed by atoms with van der Waals surface area (Å²) in [6.45, 7) is 0. The molecule has 0 saturated carbocycles. The number of methoxy groups -OCH3 is 1. The topological polar surface area (TPSA) is 65.3 Å². The zero-order valence-electron chi connectivity index (χ0n) is 7.41. The third-order valence-corrected chi connectivity index (χ3v) is 1.88. The minimum atomic E-state index is -3.06. The molecule has 0 bridgehead atoms. The van der Waals surface area contributed by atoms with Crippen molar-refractivity contribution in [3.05, 3.63) is 26.8 Å². The van der Waals surface area contributed by atoms with Crippen molar-refractivity contribution >= 4 is 17.4 Å². The van der Waals surface area contributed by atoms with Gasteiger partial charge < -0.3 is 14.9 Å². The second-order valence-electron chi connectivity index (χ2n) is 2.44. The molecule has 5 nitrogen and oxygen atoms in total. The van der Waals surface area contributed by atoms with Gasteiger partial charge in [0.15, 0.2) is 0 Å². The van der Waals surface area contributed by atoms with Gasteiger partial charge in [0.05, 0.1) is 12.1 Å². The van der Waals surface area contributed by atoms with Crippen molar-refractivity contribution in [2.45, 2.75) is 6.43 Å². The minimum absolute atomic E-state index is 0.184. The van der Waals surface area contributed by atoms with Gasteiger partial charge in [-0.3, -0.25) is 0 Å². The molecule has 1 aromatic heterocycles. The van der Waals surface area contributed by atoms with Crippen molar-refractivity contribution in [3.63, 3.8) is 0 Å². The summed E-state index contributed by atoms with van der Waals surface area (Å²) in [5.41, 5.74) is -0.900. The predicted octanol–water partition coefficient (Wildman–Crippen LogP) is 2.59. The summed E-state index contributed by atoms with van der Waals surface area (Å²) in [6, 6.07) is 0.996. The van der Waals surface area contributed by atoms with E-state index < -0.39 is 27.8 Å². The average molecular weight is 239 g/mol. The molecule has 1 heterocycles. The van der Waals surface area contributed by atoms with Gasteiger partial charge >= 0.3 is 11.7 Å². The Morgan fingerprint density at radius 2 is 2.27 bits per heavy atom. The molecule has 0 aliphatic rings. The third kappa shape index (κ3) is 2.30. The molecule has 8 heteroatoms. The molecule has 0 saturated heterocycles. The number of ether oxygens (including phenoxy) is 1. The molecule has 82 valence electrons. The van der Waals surface area contributed by atoms with Crippen molar-refractivity contribution in [3.8, 4) is 5.88 Å². The van der Waals surface area contributed by atoms with E-state index in [-0.39, 0.29) is 5.88 Å². The highest BCUT2D eigenvalue weighted by atomic mass is 35.5. The number of pyridine rings is 1. The molecule has 1 rings (SSSR count). The second-order valence-corrected chi connectivity index (χ2v) is 2.85. The minimum Gasteiger partial charge on any atom is -0.463 e. The van der Waals surface area contributed by atoms with Gasteiger partial charge in [0, 0.05) is 11.1 Å². The maximum Gasteiger partial charge on any atom is 0.378 e. The van der Waals surface area contributed by atoms with E-state index in [1.54, 1.807) is 0 Å². The molecule has 0 aromatic carbocycles. The quantitative estimate of drug-likeness (QED) is 0.600. The normalized spacial score (nSPS) is 10.5. The summed E-state index contributed by atoms with van der Waals surface area (Å²) in [4.78, 5) is 12.7. The Kier molecular flexibility index (Phi) is 3.35. The fourth-order valence-corrected chi connectivity index (χ4v) is 1.20. The van der Waals surface area contributed by atoms with Crippen molar-refractivity contribution in [2.24, 2.45) is 0 Å². The van der Waals surface area contributed by atoms with Gasteiger partial charge in [-0.05, 0) is 4.92 Å². The number of nitro groups is 1. The molecule has 0 spiro atoms. The Hall–Kier alpha value is -1.50. The zero-order valence-corrected chi connectivity index (χ0v) is 8.16. The van der Waals surface area contributed by atoms with E-state index in [0.29, 0.717) is 0 Å². The SMILES string of the molecule is COc1cc(Cl)c(C(F)F)c([N+](=O)[O-])n1. The molecule has 0 radical (unpaired) electrons. The van der Waals surface area contributed by atoms with E-state index in [9.17, 15) is 18.9 Å². The lowest BCUT2D eigenvalue weighted by Gasteiger charge is -2.04. The molecule has 0 atom stereocenters. The fourth-order valence-electron chi connectivity index (χ4n) is 0.935. The van der Waals surface area contributed by atoms with E-state index in [0.717, 1.165) is 6.07 Å². The summed E-state index contributed by atoms with van der Waals surface area (Å²) >= 11 is 5.45. The van der Waals surface area contributed by atoms with Crippen LogP contribution >= 0.6 is 11.6 Å². The van der Waals surface area contributed by atoms with Crippen molar-refractivity contribution in [2.75, 3.05) is 7.11 Å². The number of rotatable bonds is 3. The highest BCUT2D eigenvalue weighted by Gasteiger charge is 2.28. The monoisotopic (exact) mass is 238 g/mol. The lowest BCUT2D eigenvalue weighted by atomic mass is 10.2. The van der Waals surface area contributed by atoms with E-state index >= 15 is 0 Å². The number of hydrogen-bond acceptors (Lipinski definition) is 4. The average Bonchev–Trinajstić information content (AvgIpc) is 2.15. The molecule has 0 unspecified atom stereocenters. The highest BCUT2D eigenvalue weighted by molar-refractivity contribution is 6.31. The van der Waals surface area contributed by atoms with Crippen LogP contribution in [0.4, 0.5) is 14.6 Å². The molecule has 0 amide bonds. The highest BCUT2D eigenvalue weighted by Crippen LogP contribution is 2.35. The van der Waals surface area contributed by atoms with Crippen LogP contribution in [-0.2, 0) is 0 Å². The van der Waals surface area contributed by atoms with Crippen LogP contribution in [0, 0.1) is 10.1 Å². The molecule has 15 heavy (non-hydrogen) atoms. The second kappa shape index (κ2) is 4.35. The van der Waals surface area contributed by atoms with E-state index in [1.165, 1.54) is 7.11 Å². The Balaban J connectivity index is 3.42. The number of nitrogens with zero attached hydrogens (tertiary/aromatic N) is 2. The van der Waals surface area contributed by atoms with E-state index in [1.807, 2.05) is 0 Å². The van der Waals surface area contributed by atoms with Crippen molar-refractivity contribution in [1.82, 2.24) is 4.98 Å². The van der Waals surface area contributed by atoms with Gasteiger partial charge in [-0.15, -0.1) is 0 Å². The Bertz CT molecular complexity index is 400. The Morgan fingerprint density at radius 1 is 1.67 bits per heavy atom. The molecule has 0 aliphatic carbocycles. The first-order valence-electron chi connectivity index (χ1n) is 3.64. The molecule has 0 fully saturated rings. The van der Waals surface area contributed by atoms with Gasteiger partial charge in [-0.1, -0.05) is 11.6 Å². The Morgan fingerprint density at radius 3 is 2.67 bits per heavy atom. The smallest absolute Gasteiger partial charge is 0.378 e. The van der Waals surface area contributed by atoms with Crippen LogP contribution in [0.3, 0.4) is 0 Å². The lowest BCUT2D eigenvalue weighted by Crippen LogP contribution is -2.01. The van der Waals surface area contributed by atoms with Gasteiger partial charge in [-0.2, -0.15) is 0 Å². The first kappa shape index (κ1) is 11.6. The zero-order chi connectivity index (χ0) is 11.6. The fraction of sp³-hybridized carbons (Fsp3) is 0.286. The maximum atomic E-state index is 12.4. The van der Waals surface area contributed by atoms with Gasteiger partial charge in [-0.25, -0.2) is 8.78 Å². The predicted molar refractivity (Wildman–Crippen MR) is 47.4 cm³/mol. The number of alkyl halides is 2. The molecule has 1 aromatic rings. The van der Waals surface area contributed by atoms with Gasteiger partial charge in [0.1, 0.15) is 5.56 Å². The largest absolute Gasteiger partial charge is 0.463 e.